The predicted octanol–water partition coefficient (Wildman–Crippen LogP) is 4.94. The van der Waals surface area contributed by atoms with Gasteiger partial charge in [0.1, 0.15) is 5.58 Å². The van der Waals surface area contributed by atoms with Gasteiger partial charge in [0.2, 0.25) is 11.7 Å². The van der Waals surface area contributed by atoms with Crippen LogP contribution in [0.1, 0.15) is 23.9 Å². The Bertz CT molecular complexity index is 1650. The number of esters is 2. The lowest BCUT2D eigenvalue weighted by Gasteiger charge is -2.10. The third-order valence-electron chi connectivity index (χ3n) is 5.64. The van der Waals surface area contributed by atoms with Crippen molar-refractivity contribution in [3.05, 3.63) is 66.4 Å². The summed E-state index contributed by atoms with van der Waals surface area (Å²) in [5.41, 5.74) is 2.47. The van der Waals surface area contributed by atoms with Gasteiger partial charge < -0.3 is 24.5 Å². The van der Waals surface area contributed by atoms with E-state index < -0.39 is 11.8 Å². The molecule has 194 valence electrons. The van der Waals surface area contributed by atoms with Gasteiger partial charge in [-0.25, -0.2) is 14.2 Å². The maximum absolute atomic E-state index is 14.6. The first-order valence-corrected chi connectivity index (χ1v) is 11.7. The zero-order valence-corrected chi connectivity index (χ0v) is 20.5. The Hall–Kier alpha value is -5.00. The Balaban J connectivity index is 1.34. The molecular weight excluding hydrogens is 495 g/mol. The van der Waals surface area contributed by atoms with Crippen molar-refractivity contribution in [2.75, 3.05) is 24.4 Å². The molecule has 3 heterocycles. The average Bonchev–Trinajstić information content (AvgIpc) is 3.52. The number of hydrogen-bond donors (Lipinski definition) is 2. The first-order chi connectivity index (χ1) is 18.4. The first kappa shape index (κ1) is 24.7. The Labute approximate surface area is 215 Å². The summed E-state index contributed by atoms with van der Waals surface area (Å²) in [7, 11) is 1.28. The van der Waals surface area contributed by atoms with Crippen LogP contribution in [-0.4, -0.2) is 45.4 Å². The van der Waals surface area contributed by atoms with Crippen LogP contribution in [0.2, 0.25) is 0 Å². The molecule has 11 nitrogen and oxygen atoms in total. The minimum Gasteiger partial charge on any atom is -0.466 e. The zero-order chi connectivity index (χ0) is 26.6. The van der Waals surface area contributed by atoms with Crippen molar-refractivity contribution in [3.63, 3.8) is 0 Å². The standard InChI is InChI=1S/C26H23FN6O5/c1-3-37-23(34)8-9-33-20-12-18(5-4-15(20)13-29-33)30-24-19(27)14-28-26(32-24)31-17-6-7-21-16(10-17)11-22(38-21)25(35)36-2/h4-7,10-14H,3,8-9H2,1-2H3,(H2,28,30,31,32). The molecule has 3 aromatic heterocycles. The Morgan fingerprint density at radius 2 is 1.87 bits per heavy atom. The molecular formula is C26H23FN6O5. The number of carbonyl (C=O) groups excluding carboxylic acids is 2. The van der Waals surface area contributed by atoms with Crippen LogP contribution in [0.3, 0.4) is 0 Å². The number of fused-ring (bicyclic) bond motifs is 2. The molecule has 5 rings (SSSR count). The molecule has 2 N–H and O–H groups in total. The fraction of sp³-hybridized carbons (Fsp3) is 0.192. The maximum atomic E-state index is 14.6. The molecule has 2 aromatic carbocycles. The van der Waals surface area contributed by atoms with E-state index in [9.17, 15) is 14.0 Å². The number of aromatic nitrogens is 4. The molecule has 5 aromatic rings. The number of nitrogens with one attached hydrogen (secondary N) is 2. The highest BCUT2D eigenvalue weighted by molar-refractivity contribution is 5.93. The normalized spacial score (nSPS) is 11.0. The van der Waals surface area contributed by atoms with Crippen LogP contribution >= 0.6 is 0 Å². The molecule has 0 aliphatic rings. The monoisotopic (exact) mass is 518 g/mol. The topological polar surface area (TPSA) is 133 Å². The molecule has 0 spiro atoms. The molecule has 0 aliphatic carbocycles. The van der Waals surface area contributed by atoms with E-state index in [4.69, 9.17) is 9.15 Å². The van der Waals surface area contributed by atoms with Crippen LogP contribution < -0.4 is 10.6 Å². The Morgan fingerprint density at radius 3 is 2.68 bits per heavy atom. The number of benzene rings is 2. The first-order valence-electron chi connectivity index (χ1n) is 11.7. The molecule has 0 saturated heterocycles. The fourth-order valence-corrected chi connectivity index (χ4v) is 3.86. The fourth-order valence-electron chi connectivity index (χ4n) is 3.86. The van der Waals surface area contributed by atoms with E-state index in [0.29, 0.717) is 35.5 Å². The Kier molecular flexibility index (Phi) is 6.85. The minimum atomic E-state index is -0.639. The minimum absolute atomic E-state index is 0.0307. The highest BCUT2D eigenvalue weighted by Crippen LogP contribution is 2.27. The van der Waals surface area contributed by atoms with Crippen molar-refractivity contribution < 1.29 is 27.9 Å². The molecule has 0 atom stereocenters. The molecule has 0 fully saturated rings. The second kappa shape index (κ2) is 10.5. The number of rotatable bonds is 9. The van der Waals surface area contributed by atoms with Gasteiger partial charge in [-0.2, -0.15) is 10.1 Å². The molecule has 0 aliphatic heterocycles. The third-order valence-corrected chi connectivity index (χ3v) is 5.64. The number of carbonyl (C=O) groups is 2. The van der Waals surface area contributed by atoms with Gasteiger partial charge in [-0.1, -0.05) is 0 Å². The second-order valence-corrected chi connectivity index (χ2v) is 8.19. The number of furan rings is 1. The smallest absolute Gasteiger partial charge is 0.373 e. The lowest BCUT2D eigenvalue weighted by molar-refractivity contribution is -0.143. The molecule has 38 heavy (non-hydrogen) atoms. The number of nitrogens with zero attached hydrogens (tertiary/aromatic N) is 4. The number of halogens is 1. The van der Waals surface area contributed by atoms with Gasteiger partial charge in [-0.15, -0.1) is 0 Å². The summed E-state index contributed by atoms with van der Waals surface area (Å²) in [5.74, 6) is -1.30. The molecule has 0 amide bonds. The number of methoxy groups -OCH3 is 1. The summed E-state index contributed by atoms with van der Waals surface area (Å²) in [6, 6.07) is 12.1. The second-order valence-electron chi connectivity index (χ2n) is 8.19. The van der Waals surface area contributed by atoms with Crippen molar-refractivity contribution in [2.45, 2.75) is 19.9 Å². The van der Waals surface area contributed by atoms with Crippen LogP contribution in [0.5, 0.6) is 0 Å². The Morgan fingerprint density at radius 1 is 1.05 bits per heavy atom. The summed E-state index contributed by atoms with van der Waals surface area (Å²) in [5, 5.41) is 11.9. The van der Waals surface area contributed by atoms with Gasteiger partial charge in [-0.05, 0) is 49.4 Å². The number of anilines is 4. The largest absolute Gasteiger partial charge is 0.466 e. The van der Waals surface area contributed by atoms with E-state index in [1.54, 1.807) is 54.2 Å². The van der Waals surface area contributed by atoms with Crippen LogP contribution in [0.25, 0.3) is 21.9 Å². The van der Waals surface area contributed by atoms with Crippen molar-refractivity contribution >= 4 is 57.0 Å². The molecule has 0 unspecified atom stereocenters. The van der Waals surface area contributed by atoms with E-state index in [1.165, 1.54) is 7.11 Å². The average molecular weight is 519 g/mol. The van der Waals surface area contributed by atoms with Gasteiger partial charge in [0.05, 0.1) is 44.6 Å². The van der Waals surface area contributed by atoms with Gasteiger partial charge in [0.15, 0.2) is 11.6 Å². The highest BCUT2D eigenvalue weighted by Gasteiger charge is 2.14. The number of hydrogen-bond acceptors (Lipinski definition) is 10. The molecule has 12 heteroatoms. The van der Waals surface area contributed by atoms with Gasteiger partial charge in [0.25, 0.3) is 0 Å². The summed E-state index contributed by atoms with van der Waals surface area (Å²) in [6.45, 7) is 2.43. The van der Waals surface area contributed by atoms with Crippen LogP contribution in [0.15, 0.2) is 59.3 Å². The summed E-state index contributed by atoms with van der Waals surface area (Å²) in [4.78, 5) is 31.7. The van der Waals surface area contributed by atoms with E-state index in [0.717, 1.165) is 17.1 Å². The van der Waals surface area contributed by atoms with Crippen molar-refractivity contribution in [1.82, 2.24) is 19.7 Å². The van der Waals surface area contributed by atoms with Crippen molar-refractivity contribution in [2.24, 2.45) is 0 Å². The van der Waals surface area contributed by atoms with Crippen LogP contribution in [0.4, 0.5) is 27.5 Å². The summed E-state index contributed by atoms with van der Waals surface area (Å²) >= 11 is 0. The summed E-state index contributed by atoms with van der Waals surface area (Å²) in [6.07, 6.45) is 2.94. The van der Waals surface area contributed by atoms with Crippen LogP contribution in [-0.2, 0) is 20.8 Å². The lowest BCUT2D eigenvalue weighted by atomic mass is 10.2. The van der Waals surface area contributed by atoms with Gasteiger partial charge in [-0.3, -0.25) is 9.48 Å². The SMILES string of the molecule is CCOC(=O)CCn1ncc2ccc(Nc3nc(Nc4ccc5oc(C(=O)OC)cc5c4)ncc3F)cc21. The quantitative estimate of drug-likeness (QED) is 0.259. The summed E-state index contributed by atoms with van der Waals surface area (Å²) < 4.78 is 31.4. The lowest BCUT2D eigenvalue weighted by Crippen LogP contribution is -2.09. The maximum Gasteiger partial charge on any atom is 0.373 e. The highest BCUT2D eigenvalue weighted by atomic mass is 19.1. The van der Waals surface area contributed by atoms with Crippen molar-refractivity contribution in [3.8, 4) is 0 Å². The van der Waals surface area contributed by atoms with E-state index in [2.05, 4.69) is 30.4 Å². The van der Waals surface area contributed by atoms with E-state index >= 15 is 0 Å². The molecule has 0 radical (unpaired) electrons. The predicted molar refractivity (Wildman–Crippen MR) is 137 cm³/mol. The number of ether oxygens (including phenoxy) is 2. The van der Waals surface area contributed by atoms with E-state index in [1.807, 2.05) is 6.07 Å². The number of aryl methyl sites for hydroxylation is 1. The zero-order valence-electron chi connectivity index (χ0n) is 20.5. The van der Waals surface area contributed by atoms with E-state index in [-0.39, 0.29) is 29.9 Å². The third kappa shape index (κ3) is 5.24. The van der Waals surface area contributed by atoms with Crippen LogP contribution in [0, 0.1) is 5.82 Å². The molecule has 0 saturated carbocycles. The van der Waals surface area contributed by atoms with Gasteiger partial charge >= 0.3 is 11.9 Å². The molecule has 0 bridgehead atoms. The van der Waals surface area contributed by atoms with Crippen molar-refractivity contribution in [1.29, 1.82) is 0 Å². The van der Waals surface area contributed by atoms with Gasteiger partial charge in [0, 0.05) is 22.1 Å².